The number of benzene rings is 1. The van der Waals surface area contributed by atoms with Gasteiger partial charge in [-0.15, -0.1) is 0 Å². The Labute approximate surface area is 115 Å². The molecule has 0 atom stereocenters. The van der Waals surface area contributed by atoms with Crippen LogP contribution in [-0.2, 0) is 22.8 Å². The maximum Gasteiger partial charge on any atom is 0.148 e. The van der Waals surface area contributed by atoms with Crippen LogP contribution in [-0.4, -0.2) is 40.6 Å². The van der Waals surface area contributed by atoms with Crippen LogP contribution in [0, 0.1) is 0 Å². The van der Waals surface area contributed by atoms with E-state index in [4.69, 9.17) is 0 Å². The van der Waals surface area contributed by atoms with Crippen LogP contribution in [0.15, 0.2) is 18.2 Å². The lowest BCUT2D eigenvalue weighted by molar-refractivity contribution is 0.596. The molecule has 0 spiro atoms. The summed E-state index contributed by atoms with van der Waals surface area (Å²) < 4.78 is 22.0. The molecule has 1 heterocycles. The Bertz CT molecular complexity index is 540. The molecule has 4 nitrogen and oxygen atoms in total. The van der Waals surface area contributed by atoms with Crippen molar-refractivity contribution in [2.24, 2.45) is 0 Å². The Morgan fingerprint density at radius 2 is 2.16 bits per heavy atom. The highest BCUT2D eigenvalue weighted by Crippen LogP contribution is 2.26. The van der Waals surface area contributed by atoms with Gasteiger partial charge in [0.15, 0.2) is 0 Å². The molecule has 1 N–H and O–H groups in total. The first-order chi connectivity index (χ1) is 8.96. The lowest BCUT2D eigenvalue weighted by Gasteiger charge is -2.27. The lowest BCUT2D eigenvalue weighted by Crippen LogP contribution is -2.25. The first-order valence-electron chi connectivity index (χ1n) is 6.67. The van der Waals surface area contributed by atoms with Gasteiger partial charge in [-0.2, -0.15) is 0 Å². The summed E-state index contributed by atoms with van der Waals surface area (Å²) in [6.45, 7) is 2.36. The Morgan fingerprint density at radius 3 is 2.89 bits per heavy atom. The number of hydrogen-bond donors (Lipinski definition) is 1. The average molecular weight is 282 g/mol. The number of nitrogens with zero attached hydrogens (tertiary/aromatic N) is 1. The van der Waals surface area contributed by atoms with Gasteiger partial charge < -0.3 is 10.2 Å². The highest BCUT2D eigenvalue weighted by Gasteiger charge is 2.13. The van der Waals surface area contributed by atoms with Gasteiger partial charge in [-0.05, 0) is 30.0 Å². The van der Waals surface area contributed by atoms with Gasteiger partial charge in [-0.3, -0.25) is 0 Å². The molecule has 1 aromatic rings. The van der Waals surface area contributed by atoms with Gasteiger partial charge in [-0.1, -0.05) is 12.1 Å². The third-order valence-corrected chi connectivity index (χ3v) is 4.42. The van der Waals surface area contributed by atoms with Gasteiger partial charge in [0.1, 0.15) is 9.84 Å². The fourth-order valence-electron chi connectivity index (χ4n) is 2.44. The molecule has 1 aliphatic rings. The molecule has 0 amide bonds. The summed E-state index contributed by atoms with van der Waals surface area (Å²) >= 11 is 0. The van der Waals surface area contributed by atoms with Crippen LogP contribution >= 0.6 is 0 Å². The SMILES string of the molecule is CN1CCCc2cc(CNCCS(C)(=O)=O)ccc21. The quantitative estimate of drug-likeness (QED) is 0.825. The van der Waals surface area contributed by atoms with E-state index in [1.807, 2.05) is 0 Å². The fraction of sp³-hybridized carbons (Fsp3) is 0.571. The van der Waals surface area contributed by atoms with Crippen molar-refractivity contribution in [2.45, 2.75) is 19.4 Å². The summed E-state index contributed by atoms with van der Waals surface area (Å²) in [6.07, 6.45) is 3.61. The average Bonchev–Trinajstić information content (AvgIpc) is 2.34. The molecular weight excluding hydrogens is 260 g/mol. The molecule has 0 unspecified atom stereocenters. The molecule has 19 heavy (non-hydrogen) atoms. The maximum absolute atomic E-state index is 11.0. The molecule has 2 rings (SSSR count). The van der Waals surface area contributed by atoms with Gasteiger partial charge >= 0.3 is 0 Å². The standard InChI is InChI=1S/C14H22N2O2S/c1-16-8-3-4-13-10-12(5-6-14(13)16)11-15-7-9-19(2,17)18/h5-6,10,15H,3-4,7-9,11H2,1-2H3. The van der Waals surface area contributed by atoms with E-state index in [-0.39, 0.29) is 5.75 Å². The third kappa shape index (κ3) is 4.21. The normalized spacial score (nSPS) is 15.4. The zero-order chi connectivity index (χ0) is 13.9. The molecule has 1 aliphatic heterocycles. The van der Waals surface area contributed by atoms with Crippen molar-refractivity contribution in [2.75, 3.05) is 37.0 Å². The number of rotatable bonds is 5. The number of fused-ring (bicyclic) bond motifs is 1. The summed E-state index contributed by atoms with van der Waals surface area (Å²) in [5.41, 5.74) is 3.95. The summed E-state index contributed by atoms with van der Waals surface area (Å²) in [7, 11) is -0.742. The monoisotopic (exact) mass is 282 g/mol. The molecule has 106 valence electrons. The minimum atomic E-state index is -2.87. The number of aryl methyl sites for hydroxylation is 1. The van der Waals surface area contributed by atoms with Crippen molar-refractivity contribution >= 4 is 15.5 Å². The maximum atomic E-state index is 11.0. The summed E-state index contributed by atoms with van der Waals surface area (Å²) in [5.74, 6) is 0.195. The molecule has 0 saturated heterocycles. The van der Waals surface area contributed by atoms with Crippen molar-refractivity contribution in [1.29, 1.82) is 0 Å². The number of sulfone groups is 1. The molecular formula is C14H22N2O2S. The van der Waals surface area contributed by atoms with E-state index in [0.29, 0.717) is 6.54 Å². The number of hydrogen-bond acceptors (Lipinski definition) is 4. The molecule has 0 aromatic heterocycles. The van der Waals surface area contributed by atoms with E-state index in [2.05, 4.69) is 35.5 Å². The van der Waals surface area contributed by atoms with Crippen molar-refractivity contribution in [3.63, 3.8) is 0 Å². The second-order valence-corrected chi connectivity index (χ2v) is 7.55. The second kappa shape index (κ2) is 5.92. The van der Waals surface area contributed by atoms with Gasteiger partial charge in [0.25, 0.3) is 0 Å². The van der Waals surface area contributed by atoms with E-state index in [1.165, 1.54) is 29.5 Å². The van der Waals surface area contributed by atoms with Crippen LogP contribution < -0.4 is 10.2 Å². The predicted molar refractivity (Wildman–Crippen MR) is 79.5 cm³/mol. The van der Waals surface area contributed by atoms with Crippen LogP contribution in [0.1, 0.15) is 17.5 Å². The summed E-state index contributed by atoms with van der Waals surface area (Å²) in [6, 6.07) is 6.52. The minimum absolute atomic E-state index is 0.195. The van der Waals surface area contributed by atoms with E-state index in [1.54, 1.807) is 0 Å². The van der Waals surface area contributed by atoms with Crippen molar-refractivity contribution in [3.8, 4) is 0 Å². The van der Waals surface area contributed by atoms with Crippen LogP contribution in [0.2, 0.25) is 0 Å². The molecule has 0 radical (unpaired) electrons. The Morgan fingerprint density at radius 1 is 1.37 bits per heavy atom. The van der Waals surface area contributed by atoms with E-state index in [9.17, 15) is 8.42 Å². The summed E-state index contributed by atoms with van der Waals surface area (Å²) in [5, 5.41) is 3.18. The molecule has 0 bridgehead atoms. The van der Waals surface area contributed by atoms with E-state index in [0.717, 1.165) is 19.5 Å². The lowest BCUT2D eigenvalue weighted by atomic mass is 9.99. The first-order valence-corrected chi connectivity index (χ1v) is 8.73. The van der Waals surface area contributed by atoms with Gasteiger partial charge in [-0.25, -0.2) is 8.42 Å². The van der Waals surface area contributed by atoms with E-state index < -0.39 is 9.84 Å². The topological polar surface area (TPSA) is 49.4 Å². The zero-order valence-electron chi connectivity index (χ0n) is 11.6. The Kier molecular flexibility index (Phi) is 4.47. The van der Waals surface area contributed by atoms with Crippen molar-refractivity contribution < 1.29 is 8.42 Å². The fourth-order valence-corrected chi connectivity index (χ4v) is 2.95. The van der Waals surface area contributed by atoms with Gasteiger partial charge in [0.2, 0.25) is 0 Å². The molecule has 0 aliphatic carbocycles. The largest absolute Gasteiger partial charge is 0.374 e. The highest BCUT2D eigenvalue weighted by atomic mass is 32.2. The number of anilines is 1. The molecule has 5 heteroatoms. The van der Waals surface area contributed by atoms with Crippen molar-refractivity contribution in [3.05, 3.63) is 29.3 Å². The van der Waals surface area contributed by atoms with Crippen LogP contribution in [0.5, 0.6) is 0 Å². The Balaban J connectivity index is 1.92. The zero-order valence-corrected chi connectivity index (χ0v) is 12.5. The van der Waals surface area contributed by atoms with Gasteiger partial charge in [0, 0.05) is 38.6 Å². The highest BCUT2D eigenvalue weighted by molar-refractivity contribution is 7.90. The first kappa shape index (κ1) is 14.3. The Hall–Kier alpha value is -1.07. The molecule has 1 aromatic carbocycles. The molecule has 0 saturated carbocycles. The van der Waals surface area contributed by atoms with Gasteiger partial charge in [0.05, 0.1) is 5.75 Å². The van der Waals surface area contributed by atoms with Crippen LogP contribution in [0.3, 0.4) is 0 Å². The molecule has 0 fully saturated rings. The summed E-state index contributed by atoms with van der Waals surface area (Å²) in [4.78, 5) is 2.29. The smallest absolute Gasteiger partial charge is 0.148 e. The van der Waals surface area contributed by atoms with Crippen LogP contribution in [0.25, 0.3) is 0 Å². The number of nitrogens with one attached hydrogen (secondary N) is 1. The predicted octanol–water partition coefficient (Wildman–Crippen LogP) is 1.20. The van der Waals surface area contributed by atoms with Crippen LogP contribution in [0.4, 0.5) is 5.69 Å². The van der Waals surface area contributed by atoms with Crippen molar-refractivity contribution in [1.82, 2.24) is 5.32 Å². The minimum Gasteiger partial charge on any atom is -0.374 e. The second-order valence-electron chi connectivity index (χ2n) is 5.29. The van der Waals surface area contributed by atoms with E-state index >= 15 is 0 Å². The third-order valence-electron chi connectivity index (χ3n) is 3.47.